The molecule has 4 nitrogen and oxygen atoms in total. The highest BCUT2D eigenvalue weighted by molar-refractivity contribution is 5.76. The molecule has 0 spiro atoms. The van der Waals surface area contributed by atoms with Crippen LogP contribution >= 0.6 is 0 Å². The van der Waals surface area contributed by atoms with Gasteiger partial charge < -0.3 is 9.47 Å². The molecule has 0 saturated heterocycles. The van der Waals surface area contributed by atoms with Gasteiger partial charge in [0.05, 0.1) is 12.7 Å². The van der Waals surface area contributed by atoms with Crippen molar-refractivity contribution in [2.24, 2.45) is 0 Å². The predicted molar refractivity (Wildman–Crippen MR) is 76.3 cm³/mol. The van der Waals surface area contributed by atoms with Gasteiger partial charge in [0, 0.05) is 0 Å². The van der Waals surface area contributed by atoms with Gasteiger partial charge in [0.1, 0.15) is 18.1 Å². The molecule has 0 aliphatic heterocycles. The SMILES string of the molecule is C\C=C/C(=C\C=C\OC#N)c1ccc(C#N)c(OC)c1. The van der Waals surface area contributed by atoms with Gasteiger partial charge in [-0.25, -0.2) is 0 Å². The van der Waals surface area contributed by atoms with Crippen LogP contribution in [0.5, 0.6) is 5.75 Å². The second-order valence-corrected chi connectivity index (χ2v) is 3.69. The summed E-state index contributed by atoms with van der Waals surface area (Å²) in [5, 5.41) is 17.2. The Morgan fingerprint density at radius 1 is 1.30 bits per heavy atom. The lowest BCUT2D eigenvalue weighted by Gasteiger charge is -2.07. The van der Waals surface area contributed by atoms with Crippen LogP contribution in [0.15, 0.2) is 48.8 Å². The molecule has 0 aromatic heterocycles. The largest absolute Gasteiger partial charge is 0.495 e. The third-order valence-electron chi connectivity index (χ3n) is 2.48. The number of hydrogen-bond acceptors (Lipinski definition) is 4. The number of nitrogens with zero attached hydrogens (tertiary/aromatic N) is 2. The standard InChI is InChI=1S/C16H14N2O2/c1-3-5-13(6-4-9-20-12-18)14-7-8-15(11-17)16(10-14)19-2/h3-10H,1-2H3/b5-3-,9-4+,13-6+. The van der Waals surface area contributed by atoms with Crippen molar-refractivity contribution in [1.29, 1.82) is 10.5 Å². The second-order valence-electron chi connectivity index (χ2n) is 3.69. The first-order chi connectivity index (χ1) is 9.76. The quantitative estimate of drug-likeness (QED) is 0.464. The number of nitriles is 2. The molecule has 0 aliphatic rings. The summed E-state index contributed by atoms with van der Waals surface area (Å²) >= 11 is 0. The van der Waals surface area contributed by atoms with Crippen molar-refractivity contribution in [3.05, 3.63) is 59.9 Å². The van der Waals surface area contributed by atoms with Gasteiger partial charge in [0.15, 0.2) is 0 Å². The van der Waals surface area contributed by atoms with Gasteiger partial charge in [-0.15, -0.1) is 5.26 Å². The molecule has 1 aromatic carbocycles. The lowest BCUT2D eigenvalue weighted by atomic mass is 10.0. The summed E-state index contributed by atoms with van der Waals surface area (Å²) in [6.07, 6.45) is 10.1. The van der Waals surface area contributed by atoms with Crippen LogP contribution in [0.25, 0.3) is 5.57 Å². The average molecular weight is 266 g/mol. The van der Waals surface area contributed by atoms with Crippen LogP contribution in [0.2, 0.25) is 0 Å². The molecule has 0 heterocycles. The van der Waals surface area contributed by atoms with E-state index < -0.39 is 0 Å². The van der Waals surface area contributed by atoms with Gasteiger partial charge in [-0.1, -0.05) is 24.3 Å². The minimum absolute atomic E-state index is 0.486. The Balaban J connectivity index is 3.17. The summed E-state index contributed by atoms with van der Waals surface area (Å²) in [5.41, 5.74) is 2.30. The number of benzene rings is 1. The van der Waals surface area contributed by atoms with Gasteiger partial charge in [-0.2, -0.15) is 5.26 Å². The Hall–Kier alpha value is -2.98. The number of rotatable bonds is 5. The first-order valence-corrected chi connectivity index (χ1v) is 5.89. The maximum atomic E-state index is 8.97. The monoisotopic (exact) mass is 266 g/mol. The Morgan fingerprint density at radius 2 is 2.10 bits per heavy atom. The number of methoxy groups -OCH3 is 1. The molecule has 0 atom stereocenters. The van der Waals surface area contributed by atoms with E-state index in [1.807, 2.05) is 25.1 Å². The summed E-state index contributed by atoms with van der Waals surface area (Å²) in [7, 11) is 1.53. The van der Waals surface area contributed by atoms with E-state index in [4.69, 9.17) is 15.3 Å². The molecule has 0 unspecified atom stereocenters. The average Bonchev–Trinajstić information content (AvgIpc) is 2.49. The van der Waals surface area contributed by atoms with Crippen molar-refractivity contribution >= 4 is 5.57 Å². The summed E-state index contributed by atoms with van der Waals surface area (Å²) in [6.45, 7) is 1.91. The van der Waals surface area contributed by atoms with Crippen molar-refractivity contribution in [2.45, 2.75) is 6.92 Å². The summed E-state index contributed by atoms with van der Waals surface area (Å²) < 4.78 is 9.66. The number of ether oxygens (including phenoxy) is 2. The van der Waals surface area contributed by atoms with Gasteiger partial charge in [0.2, 0.25) is 0 Å². The van der Waals surface area contributed by atoms with E-state index in [-0.39, 0.29) is 0 Å². The Morgan fingerprint density at radius 3 is 2.70 bits per heavy atom. The lowest BCUT2D eigenvalue weighted by Crippen LogP contribution is -1.90. The van der Waals surface area contributed by atoms with E-state index in [1.54, 1.807) is 30.5 Å². The van der Waals surface area contributed by atoms with E-state index in [0.717, 1.165) is 11.1 Å². The van der Waals surface area contributed by atoms with Gasteiger partial charge in [-0.3, -0.25) is 0 Å². The molecule has 4 heteroatoms. The zero-order valence-corrected chi connectivity index (χ0v) is 11.3. The minimum atomic E-state index is 0.486. The van der Waals surface area contributed by atoms with E-state index in [1.165, 1.54) is 13.4 Å². The normalized spacial score (nSPS) is 11.3. The summed E-state index contributed by atoms with van der Waals surface area (Å²) in [5.74, 6) is 0.526. The van der Waals surface area contributed by atoms with Crippen LogP contribution in [0.4, 0.5) is 0 Å². The van der Waals surface area contributed by atoms with Gasteiger partial charge in [-0.05, 0) is 36.3 Å². The van der Waals surface area contributed by atoms with Crippen LogP contribution in [-0.2, 0) is 4.74 Å². The Labute approximate surface area is 118 Å². The third kappa shape index (κ3) is 4.04. The summed E-state index contributed by atoms with van der Waals surface area (Å²) in [6, 6.07) is 7.42. The molecule has 20 heavy (non-hydrogen) atoms. The fourth-order valence-corrected chi connectivity index (χ4v) is 1.60. The zero-order valence-electron chi connectivity index (χ0n) is 11.3. The molecule has 1 aromatic rings. The smallest absolute Gasteiger partial charge is 0.291 e. The molecule has 0 radical (unpaired) electrons. The minimum Gasteiger partial charge on any atom is -0.495 e. The lowest BCUT2D eigenvalue weighted by molar-refractivity contribution is 0.413. The van der Waals surface area contributed by atoms with Crippen LogP contribution in [0.3, 0.4) is 0 Å². The van der Waals surface area contributed by atoms with Gasteiger partial charge in [0.25, 0.3) is 6.26 Å². The molecule has 100 valence electrons. The summed E-state index contributed by atoms with van der Waals surface area (Å²) in [4.78, 5) is 0. The predicted octanol–water partition coefficient (Wildman–Crippen LogP) is 3.54. The van der Waals surface area contributed by atoms with Crippen LogP contribution < -0.4 is 4.74 Å². The topological polar surface area (TPSA) is 66.0 Å². The molecular weight excluding hydrogens is 252 g/mol. The highest BCUT2D eigenvalue weighted by Crippen LogP contribution is 2.25. The molecule has 0 aliphatic carbocycles. The van der Waals surface area contributed by atoms with Crippen molar-refractivity contribution in [3.8, 4) is 18.1 Å². The fourth-order valence-electron chi connectivity index (χ4n) is 1.60. The maximum Gasteiger partial charge on any atom is 0.291 e. The Kier molecular flexibility index (Phi) is 6.17. The van der Waals surface area contributed by atoms with Crippen LogP contribution in [-0.4, -0.2) is 7.11 Å². The fraction of sp³-hybridized carbons (Fsp3) is 0.125. The van der Waals surface area contributed by atoms with Crippen molar-refractivity contribution < 1.29 is 9.47 Å². The third-order valence-corrected chi connectivity index (χ3v) is 2.48. The number of hydrogen-bond donors (Lipinski definition) is 0. The first kappa shape index (κ1) is 15.1. The molecule has 0 saturated carbocycles. The molecule has 0 bridgehead atoms. The Bertz CT molecular complexity index is 629. The van der Waals surface area contributed by atoms with Crippen molar-refractivity contribution in [3.63, 3.8) is 0 Å². The van der Waals surface area contributed by atoms with E-state index in [9.17, 15) is 0 Å². The second kappa shape index (κ2) is 8.18. The molecule has 0 amide bonds. The van der Waals surface area contributed by atoms with E-state index >= 15 is 0 Å². The number of allylic oxidation sites excluding steroid dienone is 5. The molecular formula is C16H14N2O2. The van der Waals surface area contributed by atoms with E-state index in [2.05, 4.69) is 10.8 Å². The van der Waals surface area contributed by atoms with Crippen LogP contribution in [0.1, 0.15) is 18.1 Å². The molecule has 0 fully saturated rings. The molecule has 0 N–H and O–H groups in total. The highest BCUT2D eigenvalue weighted by Gasteiger charge is 2.05. The molecule has 1 rings (SSSR count). The van der Waals surface area contributed by atoms with E-state index in [0.29, 0.717) is 11.3 Å². The zero-order chi connectivity index (χ0) is 14.8. The van der Waals surface area contributed by atoms with Crippen molar-refractivity contribution in [2.75, 3.05) is 7.11 Å². The maximum absolute atomic E-state index is 8.97. The van der Waals surface area contributed by atoms with Crippen LogP contribution in [0, 0.1) is 22.8 Å². The highest BCUT2D eigenvalue weighted by atomic mass is 16.5. The van der Waals surface area contributed by atoms with Gasteiger partial charge >= 0.3 is 0 Å². The first-order valence-electron chi connectivity index (χ1n) is 5.89. The van der Waals surface area contributed by atoms with Crippen molar-refractivity contribution in [1.82, 2.24) is 0 Å².